The first-order valence-corrected chi connectivity index (χ1v) is 11.9. The molecule has 7 heteroatoms. The molecule has 35 heavy (non-hydrogen) atoms. The summed E-state index contributed by atoms with van der Waals surface area (Å²) in [5, 5.41) is 8.74. The van der Waals surface area contributed by atoms with E-state index in [2.05, 4.69) is 22.9 Å². The van der Waals surface area contributed by atoms with Crippen LogP contribution in [0.25, 0.3) is 0 Å². The molecule has 1 heterocycles. The molecule has 0 unspecified atom stereocenters. The zero-order valence-electron chi connectivity index (χ0n) is 19.8. The van der Waals surface area contributed by atoms with Crippen molar-refractivity contribution in [3.8, 4) is 0 Å². The molecule has 3 aromatic rings. The molecule has 0 bridgehead atoms. The van der Waals surface area contributed by atoms with Crippen molar-refractivity contribution in [2.75, 3.05) is 35.6 Å². The van der Waals surface area contributed by atoms with E-state index >= 15 is 0 Å². The first-order chi connectivity index (χ1) is 17.0. The number of carbonyl (C=O) groups is 3. The van der Waals surface area contributed by atoms with Crippen molar-refractivity contribution >= 4 is 34.8 Å². The number of piperidine rings is 1. The number of carbonyl (C=O) groups excluding carboxylic acids is 3. The lowest BCUT2D eigenvalue weighted by atomic mass is 9.98. The molecule has 3 N–H and O–H groups in total. The second kappa shape index (κ2) is 11.3. The molecule has 1 fully saturated rings. The Kier molecular flexibility index (Phi) is 7.77. The molecule has 1 aliphatic rings. The highest BCUT2D eigenvalue weighted by Gasteiger charge is 2.21. The van der Waals surface area contributed by atoms with Gasteiger partial charge in [-0.1, -0.05) is 31.2 Å². The minimum atomic E-state index is -0.223. The highest BCUT2D eigenvalue weighted by atomic mass is 16.2. The number of nitrogens with one attached hydrogen (secondary N) is 3. The molecule has 4 rings (SSSR count). The van der Waals surface area contributed by atoms with Crippen LogP contribution >= 0.6 is 0 Å². The Morgan fingerprint density at radius 2 is 1.43 bits per heavy atom. The van der Waals surface area contributed by atoms with Gasteiger partial charge >= 0.3 is 0 Å². The fraction of sp³-hybridized carbons (Fsp3) is 0.250. The monoisotopic (exact) mass is 470 g/mol. The van der Waals surface area contributed by atoms with E-state index in [1.165, 1.54) is 0 Å². The molecule has 0 aliphatic carbocycles. The number of amides is 3. The summed E-state index contributed by atoms with van der Waals surface area (Å²) >= 11 is 0. The van der Waals surface area contributed by atoms with Crippen LogP contribution in [0.3, 0.4) is 0 Å². The largest absolute Gasteiger partial charge is 0.376 e. The lowest BCUT2D eigenvalue weighted by molar-refractivity contribution is -0.114. The summed E-state index contributed by atoms with van der Waals surface area (Å²) in [6, 6.07) is 23.1. The van der Waals surface area contributed by atoms with E-state index in [4.69, 9.17) is 0 Å². The molecule has 0 atom stereocenters. The van der Waals surface area contributed by atoms with E-state index < -0.39 is 0 Å². The summed E-state index contributed by atoms with van der Waals surface area (Å²) in [4.78, 5) is 39.4. The first-order valence-electron chi connectivity index (χ1n) is 11.9. The Morgan fingerprint density at radius 3 is 2.11 bits per heavy atom. The predicted molar refractivity (Wildman–Crippen MR) is 139 cm³/mol. The van der Waals surface area contributed by atoms with E-state index in [9.17, 15) is 14.4 Å². The van der Waals surface area contributed by atoms with Crippen LogP contribution in [-0.4, -0.2) is 42.3 Å². The minimum absolute atomic E-state index is 0.0560. The number of anilines is 3. The Labute approximate surface area is 205 Å². The molecular formula is C28H30N4O3. The highest BCUT2D eigenvalue weighted by Crippen LogP contribution is 2.19. The van der Waals surface area contributed by atoms with Gasteiger partial charge in [0, 0.05) is 41.3 Å². The van der Waals surface area contributed by atoms with Crippen LogP contribution in [-0.2, 0) is 4.79 Å². The lowest BCUT2D eigenvalue weighted by Gasteiger charge is -2.30. The molecule has 1 aliphatic heterocycles. The van der Waals surface area contributed by atoms with Gasteiger partial charge in [-0.15, -0.1) is 0 Å². The Balaban J connectivity index is 1.26. The summed E-state index contributed by atoms with van der Waals surface area (Å²) < 4.78 is 0. The van der Waals surface area contributed by atoms with E-state index in [-0.39, 0.29) is 24.3 Å². The normalized spacial score (nSPS) is 13.7. The maximum atomic E-state index is 12.7. The van der Waals surface area contributed by atoms with Gasteiger partial charge in [-0.2, -0.15) is 0 Å². The number of hydrogen-bond acceptors (Lipinski definition) is 4. The molecule has 3 aromatic carbocycles. The van der Waals surface area contributed by atoms with E-state index in [0.29, 0.717) is 28.4 Å². The topological polar surface area (TPSA) is 90.5 Å². The molecule has 1 saturated heterocycles. The standard InChI is InChI=1S/C28H30N4O3/c1-20-14-16-32(17-15-20)28(35)22-10-12-23(13-11-22)29-19-26(33)30-24-8-5-9-25(18-24)31-27(34)21-6-3-2-4-7-21/h2-13,18,20,29H,14-17,19H2,1H3,(H,30,33)(H,31,34). The second-order valence-electron chi connectivity index (χ2n) is 8.85. The number of benzene rings is 3. The van der Waals surface area contributed by atoms with Gasteiger partial charge < -0.3 is 20.9 Å². The van der Waals surface area contributed by atoms with Crippen molar-refractivity contribution in [2.24, 2.45) is 5.92 Å². The van der Waals surface area contributed by atoms with Crippen LogP contribution in [0.2, 0.25) is 0 Å². The maximum Gasteiger partial charge on any atom is 0.255 e. The maximum absolute atomic E-state index is 12.7. The van der Waals surface area contributed by atoms with Gasteiger partial charge in [-0.05, 0) is 73.4 Å². The van der Waals surface area contributed by atoms with Crippen LogP contribution in [0.1, 0.15) is 40.5 Å². The molecule has 0 aromatic heterocycles. The molecule has 0 saturated carbocycles. The molecule has 3 amide bonds. The number of likely N-dealkylation sites (tertiary alicyclic amines) is 1. The average Bonchev–Trinajstić information content (AvgIpc) is 2.88. The summed E-state index contributed by atoms with van der Waals surface area (Å²) in [7, 11) is 0. The van der Waals surface area contributed by atoms with Crippen molar-refractivity contribution in [3.05, 3.63) is 90.0 Å². The number of hydrogen-bond donors (Lipinski definition) is 3. The highest BCUT2D eigenvalue weighted by molar-refractivity contribution is 6.04. The fourth-order valence-corrected chi connectivity index (χ4v) is 3.98. The third-order valence-corrected chi connectivity index (χ3v) is 6.10. The SMILES string of the molecule is CC1CCN(C(=O)c2ccc(NCC(=O)Nc3cccc(NC(=O)c4ccccc4)c3)cc2)CC1. The molecule has 0 radical (unpaired) electrons. The van der Waals surface area contributed by atoms with Crippen LogP contribution in [0.4, 0.5) is 17.1 Å². The first kappa shape index (κ1) is 24.0. The van der Waals surface area contributed by atoms with Crippen molar-refractivity contribution in [1.29, 1.82) is 0 Å². The molecule has 7 nitrogen and oxygen atoms in total. The molecular weight excluding hydrogens is 440 g/mol. The quantitative estimate of drug-likeness (QED) is 0.460. The predicted octanol–water partition coefficient (Wildman–Crippen LogP) is 4.86. The van der Waals surface area contributed by atoms with Crippen molar-refractivity contribution in [3.63, 3.8) is 0 Å². The Morgan fingerprint density at radius 1 is 0.771 bits per heavy atom. The molecule has 0 spiro atoms. The van der Waals surface area contributed by atoms with Gasteiger partial charge in [0.15, 0.2) is 0 Å². The summed E-state index contributed by atoms with van der Waals surface area (Å²) in [6.45, 7) is 3.89. The van der Waals surface area contributed by atoms with E-state index in [1.54, 1.807) is 60.7 Å². The van der Waals surface area contributed by atoms with Crippen molar-refractivity contribution in [2.45, 2.75) is 19.8 Å². The summed E-state index contributed by atoms with van der Waals surface area (Å²) in [5.41, 5.74) is 3.15. The Bertz CT molecular complexity index is 1170. The van der Waals surface area contributed by atoms with E-state index in [0.717, 1.165) is 31.6 Å². The second-order valence-corrected chi connectivity index (χ2v) is 8.85. The average molecular weight is 471 g/mol. The smallest absolute Gasteiger partial charge is 0.255 e. The fourth-order valence-electron chi connectivity index (χ4n) is 3.98. The third-order valence-electron chi connectivity index (χ3n) is 6.10. The summed E-state index contributed by atoms with van der Waals surface area (Å²) in [6.07, 6.45) is 2.09. The Hall–Kier alpha value is -4.13. The lowest BCUT2D eigenvalue weighted by Crippen LogP contribution is -2.37. The van der Waals surface area contributed by atoms with Gasteiger partial charge in [-0.25, -0.2) is 0 Å². The number of rotatable bonds is 7. The van der Waals surface area contributed by atoms with Crippen LogP contribution in [0.5, 0.6) is 0 Å². The zero-order chi connectivity index (χ0) is 24.6. The van der Waals surface area contributed by atoms with E-state index in [1.807, 2.05) is 23.1 Å². The van der Waals surface area contributed by atoms with Gasteiger partial charge in [0.05, 0.1) is 6.54 Å². The van der Waals surface area contributed by atoms with Crippen molar-refractivity contribution in [1.82, 2.24) is 4.90 Å². The van der Waals surface area contributed by atoms with Gasteiger partial charge in [0.2, 0.25) is 5.91 Å². The van der Waals surface area contributed by atoms with Gasteiger partial charge in [0.1, 0.15) is 0 Å². The van der Waals surface area contributed by atoms with Gasteiger partial charge in [-0.3, -0.25) is 14.4 Å². The van der Waals surface area contributed by atoms with Crippen LogP contribution in [0, 0.1) is 5.92 Å². The van der Waals surface area contributed by atoms with Crippen molar-refractivity contribution < 1.29 is 14.4 Å². The van der Waals surface area contributed by atoms with Crippen LogP contribution in [0.15, 0.2) is 78.9 Å². The van der Waals surface area contributed by atoms with Gasteiger partial charge in [0.25, 0.3) is 11.8 Å². The number of nitrogens with zero attached hydrogens (tertiary/aromatic N) is 1. The third kappa shape index (κ3) is 6.69. The minimum Gasteiger partial charge on any atom is -0.376 e. The summed E-state index contributed by atoms with van der Waals surface area (Å²) in [5.74, 6) is 0.291. The molecule has 180 valence electrons. The van der Waals surface area contributed by atoms with Crippen LogP contribution < -0.4 is 16.0 Å². The zero-order valence-corrected chi connectivity index (χ0v) is 19.8.